The van der Waals surface area contributed by atoms with Crippen LogP contribution in [0.4, 0.5) is 0 Å². The third kappa shape index (κ3) is 1.64. The van der Waals surface area contributed by atoms with E-state index in [9.17, 15) is 0 Å². The van der Waals surface area contributed by atoms with Crippen LogP contribution in [0.25, 0.3) is 0 Å². The van der Waals surface area contributed by atoms with Gasteiger partial charge in [0.1, 0.15) is 0 Å². The van der Waals surface area contributed by atoms with Gasteiger partial charge in [0.25, 0.3) is 0 Å². The maximum atomic E-state index is 8.97. The zero-order chi connectivity index (χ0) is 6.85. The Kier molecular flexibility index (Phi) is 2.04. The number of hydrogen-bond donors (Lipinski definition) is 1. The van der Waals surface area contributed by atoms with E-state index >= 15 is 0 Å². The first-order valence-electron chi connectivity index (χ1n) is 2.37. The Morgan fingerprint density at radius 1 is 1.44 bits per heavy atom. The van der Waals surface area contributed by atoms with Crippen molar-refractivity contribution in [3.63, 3.8) is 0 Å². The van der Waals surface area contributed by atoms with Gasteiger partial charge >= 0.3 is 66.9 Å². The molecular weight excluding hydrogens is 198 g/mol. The molecule has 1 aromatic carbocycles. The van der Waals surface area contributed by atoms with Crippen molar-refractivity contribution in [3.05, 3.63) is 23.2 Å². The Hall–Kier alpha value is -0.132. The first-order valence-corrected chi connectivity index (χ1v) is 3.69. The summed E-state index contributed by atoms with van der Waals surface area (Å²) in [5.74, 6) is 0.263. The molecule has 0 atom stereocenters. The molecule has 0 amide bonds. The van der Waals surface area contributed by atoms with Crippen LogP contribution < -0.4 is 4.35 Å². The molecular formula is C6H4AsClO. The first kappa shape index (κ1) is 6.98. The molecule has 0 aliphatic carbocycles. The SMILES string of the molecule is Oc1ccc(Cl)cc1[As]. The van der Waals surface area contributed by atoms with Crippen molar-refractivity contribution in [3.8, 4) is 5.75 Å². The van der Waals surface area contributed by atoms with Crippen LogP contribution in [0.2, 0.25) is 5.02 Å². The van der Waals surface area contributed by atoms with Crippen molar-refractivity contribution in [2.75, 3.05) is 0 Å². The number of phenols is 1. The predicted molar refractivity (Wildman–Crippen MR) is 38.5 cm³/mol. The second-order valence-corrected chi connectivity index (χ2v) is 3.08. The van der Waals surface area contributed by atoms with Gasteiger partial charge in [-0.3, -0.25) is 0 Å². The van der Waals surface area contributed by atoms with Crippen LogP contribution in [-0.4, -0.2) is 22.0 Å². The average molecular weight is 202 g/mol. The van der Waals surface area contributed by atoms with Crippen molar-refractivity contribution >= 4 is 32.8 Å². The van der Waals surface area contributed by atoms with Gasteiger partial charge in [-0.25, -0.2) is 0 Å². The molecule has 0 heterocycles. The van der Waals surface area contributed by atoms with Crippen molar-refractivity contribution in [2.24, 2.45) is 0 Å². The van der Waals surface area contributed by atoms with E-state index in [0.29, 0.717) is 5.02 Å². The van der Waals surface area contributed by atoms with Gasteiger partial charge in [-0.2, -0.15) is 0 Å². The van der Waals surface area contributed by atoms with Crippen LogP contribution in [0.15, 0.2) is 18.2 Å². The van der Waals surface area contributed by atoms with Gasteiger partial charge in [0, 0.05) is 0 Å². The summed E-state index contributed by atoms with van der Waals surface area (Å²) in [6, 6.07) is 4.90. The molecule has 9 heavy (non-hydrogen) atoms. The number of rotatable bonds is 0. The van der Waals surface area contributed by atoms with Crippen LogP contribution in [0.5, 0.6) is 5.75 Å². The number of benzene rings is 1. The molecule has 0 aliphatic heterocycles. The molecule has 0 fully saturated rings. The molecule has 0 bridgehead atoms. The van der Waals surface area contributed by atoms with E-state index in [1.54, 1.807) is 18.2 Å². The summed E-state index contributed by atoms with van der Waals surface area (Å²) < 4.78 is 0.745. The van der Waals surface area contributed by atoms with Gasteiger partial charge in [0.15, 0.2) is 0 Å². The molecule has 0 unspecified atom stereocenters. The van der Waals surface area contributed by atoms with Crippen LogP contribution >= 0.6 is 11.6 Å². The molecule has 0 saturated carbocycles. The summed E-state index contributed by atoms with van der Waals surface area (Å²) in [5, 5.41) is 9.61. The standard InChI is InChI=1S/C6H4AsClO/c7-5-3-4(8)1-2-6(5)9/h1-3,9H. The first-order chi connectivity index (χ1) is 4.20. The Bertz CT molecular complexity index is 224. The molecule has 1 N–H and O–H groups in total. The summed E-state index contributed by atoms with van der Waals surface area (Å²) in [5.41, 5.74) is 0. The fraction of sp³-hybridized carbons (Fsp3) is 0. The van der Waals surface area contributed by atoms with E-state index in [-0.39, 0.29) is 5.75 Å². The second-order valence-electron chi connectivity index (χ2n) is 1.63. The molecule has 1 aromatic rings. The molecule has 0 aliphatic rings. The van der Waals surface area contributed by atoms with E-state index in [2.05, 4.69) is 16.9 Å². The predicted octanol–water partition coefficient (Wildman–Crippen LogP) is 0.839. The zero-order valence-corrected chi connectivity index (χ0v) is 7.14. The molecule has 0 aromatic heterocycles. The summed E-state index contributed by atoms with van der Waals surface area (Å²) in [6.45, 7) is 0. The third-order valence-electron chi connectivity index (χ3n) is 0.937. The monoisotopic (exact) mass is 202 g/mol. The number of phenolic OH excluding ortho intramolecular Hbond substituents is 1. The minimum absolute atomic E-state index is 0.263. The van der Waals surface area contributed by atoms with Gasteiger partial charge in [-0.05, 0) is 0 Å². The molecule has 46 valence electrons. The van der Waals surface area contributed by atoms with Gasteiger partial charge in [0.2, 0.25) is 0 Å². The number of aromatic hydroxyl groups is 1. The van der Waals surface area contributed by atoms with Gasteiger partial charge in [0.05, 0.1) is 0 Å². The van der Waals surface area contributed by atoms with E-state index in [0.717, 1.165) is 4.35 Å². The molecule has 3 heteroatoms. The third-order valence-corrected chi connectivity index (χ3v) is 1.92. The number of halogens is 1. The summed E-state index contributed by atoms with van der Waals surface area (Å²) in [7, 11) is 0. The molecule has 0 spiro atoms. The van der Waals surface area contributed by atoms with E-state index in [1.807, 2.05) is 0 Å². The van der Waals surface area contributed by atoms with E-state index < -0.39 is 0 Å². The molecule has 1 nitrogen and oxygen atoms in total. The zero-order valence-electron chi connectivity index (χ0n) is 4.50. The van der Waals surface area contributed by atoms with Gasteiger partial charge < -0.3 is 0 Å². The Labute approximate surface area is 67.1 Å². The Morgan fingerprint density at radius 3 is 2.56 bits per heavy atom. The second kappa shape index (κ2) is 2.64. The Balaban J connectivity index is 3.17. The van der Waals surface area contributed by atoms with Crippen LogP contribution in [0.1, 0.15) is 0 Å². The number of hydrogen-bond acceptors (Lipinski definition) is 1. The van der Waals surface area contributed by atoms with Crippen molar-refractivity contribution in [1.29, 1.82) is 0 Å². The van der Waals surface area contributed by atoms with Gasteiger partial charge in [-0.15, -0.1) is 0 Å². The van der Waals surface area contributed by atoms with Gasteiger partial charge in [-0.1, -0.05) is 0 Å². The topological polar surface area (TPSA) is 20.2 Å². The fourth-order valence-electron chi connectivity index (χ4n) is 0.497. The van der Waals surface area contributed by atoms with Crippen LogP contribution in [0, 0.1) is 0 Å². The maximum absolute atomic E-state index is 8.97. The summed E-state index contributed by atoms with van der Waals surface area (Å²) in [6.07, 6.45) is 0. The quantitative estimate of drug-likeness (QED) is 0.618. The summed E-state index contributed by atoms with van der Waals surface area (Å²) >= 11 is 7.84. The Morgan fingerprint density at radius 2 is 2.11 bits per heavy atom. The molecule has 0 saturated heterocycles. The van der Waals surface area contributed by atoms with Crippen molar-refractivity contribution in [2.45, 2.75) is 0 Å². The normalized spacial score (nSPS) is 9.56. The van der Waals surface area contributed by atoms with Crippen LogP contribution in [-0.2, 0) is 0 Å². The van der Waals surface area contributed by atoms with Crippen LogP contribution in [0.3, 0.4) is 0 Å². The summed E-state index contributed by atoms with van der Waals surface area (Å²) in [4.78, 5) is 0. The average Bonchev–Trinajstić information content (AvgIpc) is 1.80. The van der Waals surface area contributed by atoms with E-state index in [4.69, 9.17) is 16.7 Å². The minimum atomic E-state index is 0.263. The van der Waals surface area contributed by atoms with Crippen molar-refractivity contribution < 1.29 is 5.11 Å². The molecule has 2 radical (unpaired) electrons. The van der Waals surface area contributed by atoms with Crippen molar-refractivity contribution in [1.82, 2.24) is 0 Å². The molecule has 1 rings (SSSR count). The van der Waals surface area contributed by atoms with E-state index in [1.165, 1.54) is 0 Å². The fourth-order valence-corrected chi connectivity index (χ4v) is 1.28.